The van der Waals surface area contributed by atoms with E-state index in [1.54, 1.807) is 14.2 Å². The molecule has 0 fully saturated rings. The molecule has 2 aromatic heterocycles. The summed E-state index contributed by atoms with van der Waals surface area (Å²) < 4.78 is 27.9. The third kappa shape index (κ3) is 4.04. The number of fused-ring (bicyclic) bond motifs is 2. The van der Waals surface area contributed by atoms with Gasteiger partial charge in [0.05, 0.1) is 31.2 Å². The first kappa shape index (κ1) is 22.7. The molecule has 0 radical (unpaired) electrons. The largest absolute Gasteiger partial charge is 0.497 e. The highest BCUT2D eigenvalue weighted by Gasteiger charge is 2.20. The molecule has 7 nitrogen and oxygen atoms in total. The van der Waals surface area contributed by atoms with Gasteiger partial charge in [0.1, 0.15) is 11.5 Å². The van der Waals surface area contributed by atoms with E-state index in [9.17, 15) is 4.79 Å². The van der Waals surface area contributed by atoms with E-state index < -0.39 is 5.63 Å². The Kier molecular flexibility index (Phi) is 5.53. The van der Waals surface area contributed by atoms with Crippen molar-refractivity contribution in [1.29, 1.82) is 0 Å². The summed E-state index contributed by atoms with van der Waals surface area (Å²) in [4.78, 5) is 17.4. The normalized spacial score (nSPS) is 12.1. The maximum absolute atomic E-state index is 12.4. The molecule has 1 aliphatic heterocycles. The van der Waals surface area contributed by atoms with Crippen LogP contribution >= 0.6 is 0 Å². The molecule has 7 heteroatoms. The number of benzene rings is 3. The fraction of sp³-hybridized carbons (Fsp3) is 0.133. The zero-order chi connectivity index (χ0) is 25.5. The third-order valence-electron chi connectivity index (χ3n) is 6.47. The molecule has 37 heavy (non-hydrogen) atoms. The van der Waals surface area contributed by atoms with Crippen LogP contribution in [0, 0.1) is 6.92 Å². The molecular formula is C30H23NO6. The second kappa shape index (κ2) is 9.02. The van der Waals surface area contributed by atoms with Gasteiger partial charge in [-0.25, -0.2) is 9.78 Å². The van der Waals surface area contributed by atoms with Crippen LogP contribution in [-0.2, 0) is 0 Å². The highest BCUT2D eigenvalue weighted by Crippen LogP contribution is 2.41. The van der Waals surface area contributed by atoms with Gasteiger partial charge in [-0.3, -0.25) is 0 Å². The fourth-order valence-electron chi connectivity index (χ4n) is 4.59. The van der Waals surface area contributed by atoms with Crippen molar-refractivity contribution in [3.05, 3.63) is 88.8 Å². The van der Waals surface area contributed by atoms with Crippen molar-refractivity contribution in [3.8, 4) is 56.6 Å². The van der Waals surface area contributed by atoms with Gasteiger partial charge in [0, 0.05) is 17.0 Å². The molecule has 0 atom stereocenters. The van der Waals surface area contributed by atoms with Crippen molar-refractivity contribution in [2.24, 2.45) is 0 Å². The highest BCUT2D eigenvalue weighted by atomic mass is 16.7. The smallest absolute Gasteiger partial charge is 0.336 e. The molecule has 0 bridgehead atoms. The zero-order valence-electron chi connectivity index (χ0n) is 20.5. The quantitative estimate of drug-likeness (QED) is 0.268. The molecule has 0 saturated carbocycles. The first-order valence-corrected chi connectivity index (χ1v) is 11.7. The Morgan fingerprint density at radius 2 is 1.51 bits per heavy atom. The molecule has 0 amide bonds. The van der Waals surface area contributed by atoms with E-state index in [2.05, 4.69) is 0 Å². The summed E-state index contributed by atoms with van der Waals surface area (Å²) in [7, 11) is 3.22. The van der Waals surface area contributed by atoms with Gasteiger partial charge in [-0.15, -0.1) is 0 Å². The van der Waals surface area contributed by atoms with Gasteiger partial charge in [-0.2, -0.15) is 0 Å². The van der Waals surface area contributed by atoms with Crippen molar-refractivity contribution < 1.29 is 23.4 Å². The van der Waals surface area contributed by atoms with Crippen LogP contribution in [0.15, 0.2) is 82.0 Å². The lowest BCUT2D eigenvalue weighted by atomic mass is 9.97. The summed E-state index contributed by atoms with van der Waals surface area (Å²) in [5.74, 6) is 2.70. The Hall–Kier alpha value is -4.78. The number of rotatable bonds is 5. The number of methoxy groups -OCH3 is 2. The first-order chi connectivity index (χ1) is 18.0. The highest BCUT2D eigenvalue weighted by molar-refractivity contribution is 5.97. The van der Waals surface area contributed by atoms with E-state index in [4.69, 9.17) is 28.3 Å². The maximum atomic E-state index is 12.4. The molecule has 1 aliphatic rings. The molecule has 0 unspecified atom stereocenters. The second-order valence-electron chi connectivity index (χ2n) is 8.69. The molecule has 0 N–H and O–H groups in total. The molecule has 5 aromatic rings. The predicted octanol–water partition coefficient (Wildman–Crippen LogP) is 6.24. The number of hydrogen-bond acceptors (Lipinski definition) is 7. The third-order valence-corrected chi connectivity index (χ3v) is 6.47. The summed E-state index contributed by atoms with van der Waals surface area (Å²) in [5, 5.41) is 0.816. The van der Waals surface area contributed by atoms with Gasteiger partial charge in [0.25, 0.3) is 0 Å². The standard InChI is InChI=1S/C30H23NO6/c1-17-12-28(32)37-30-22(17)9-11-26(34-3)29(30)24-14-20(19-6-10-25-27(15-19)36-16-35-25)13-23(31-24)18-4-7-21(33-2)8-5-18/h4-15H,16H2,1-3H3. The molecule has 6 rings (SSSR count). The van der Waals surface area contributed by atoms with E-state index in [0.29, 0.717) is 34.1 Å². The average molecular weight is 494 g/mol. The van der Waals surface area contributed by atoms with Crippen LogP contribution in [0.4, 0.5) is 0 Å². The lowest BCUT2D eigenvalue weighted by Gasteiger charge is -2.15. The summed E-state index contributed by atoms with van der Waals surface area (Å²) >= 11 is 0. The Morgan fingerprint density at radius 3 is 2.30 bits per heavy atom. The minimum atomic E-state index is -0.429. The second-order valence-corrected chi connectivity index (χ2v) is 8.69. The Balaban J connectivity index is 1.63. The Labute approximate surface area is 212 Å². The van der Waals surface area contributed by atoms with Crippen molar-refractivity contribution in [2.75, 3.05) is 21.0 Å². The van der Waals surface area contributed by atoms with Crippen molar-refractivity contribution in [1.82, 2.24) is 4.98 Å². The monoisotopic (exact) mass is 493 g/mol. The number of aryl methyl sites for hydroxylation is 1. The molecule has 3 aromatic carbocycles. The van der Waals surface area contributed by atoms with E-state index in [-0.39, 0.29) is 6.79 Å². The lowest BCUT2D eigenvalue weighted by Crippen LogP contribution is -2.01. The summed E-state index contributed by atoms with van der Waals surface area (Å²) in [6, 6.07) is 22.7. The van der Waals surface area contributed by atoms with Crippen molar-refractivity contribution in [3.63, 3.8) is 0 Å². The van der Waals surface area contributed by atoms with Gasteiger partial charge in [0.2, 0.25) is 6.79 Å². The summed E-state index contributed by atoms with van der Waals surface area (Å²) in [5.41, 5.74) is 5.51. The SMILES string of the molecule is COc1ccc(-c2cc(-c3ccc4c(c3)OCO4)cc(-c3c(OC)ccc4c(C)cc(=O)oc34)n2)cc1. The van der Waals surface area contributed by atoms with Crippen LogP contribution < -0.4 is 24.6 Å². The average Bonchev–Trinajstić information content (AvgIpc) is 3.40. The topological polar surface area (TPSA) is 80.0 Å². The van der Waals surface area contributed by atoms with Gasteiger partial charge in [-0.05, 0) is 84.3 Å². The van der Waals surface area contributed by atoms with Crippen molar-refractivity contribution in [2.45, 2.75) is 6.92 Å². The van der Waals surface area contributed by atoms with Crippen LogP contribution in [0.2, 0.25) is 0 Å². The zero-order valence-corrected chi connectivity index (χ0v) is 20.5. The van der Waals surface area contributed by atoms with Crippen LogP contribution in [0.1, 0.15) is 5.56 Å². The molecule has 0 aliphatic carbocycles. The fourth-order valence-corrected chi connectivity index (χ4v) is 4.59. The van der Waals surface area contributed by atoms with Gasteiger partial charge < -0.3 is 23.4 Å². The minimum Gasteiger partial charge on any atom is -0.497 e. The van der Waals surface area contributed by atoms with E-state index in [0.717, 1.165) is 39.1 Å². The first-order valence-electron chi connectivity index (χ1n) is 11.7. The lowest BCUT2D eigenvalue weighted by molar-refractivity contribution is 0.174. The maximum Gasteiger partial charge on any atom is 0.336 e. The number of hydrogen-bond donors (Lipinski definition) is 0. The van der Waals surface area contributed by atoms with E-state index in [1.807, 2.05) is 73.7 Å². The molecular weight excluding hydrogens is 470 g/mol. The molecule has 184 valence electrons. The van der Waals surface area contributed by atoms with E-state index >= 15 is 0 Å². The Morgan fingerprint density at radius 1 is 0.757 bits per heavy atom. The predicted molar refractivity (Wildman–Crippen MR) is 141 cm³/mol. The van der Waals surface area contributed by atoms with Crippen LogP contribution in [-0.4, -0.2) is 26.0 Å². The van der Waals surface area contributed by atoms with Crippen LogP contribution in [0.3, 0.4) is 0 Å². The van der Waals surface area contributed by atoms with Gasteiger partial charge in [0.15, 0.2) is 17.1 Å². The van der Waals surface area contributed by atoms with Crippen molar-refractivity contribution >= 4 is 11.0 Å². The van der Waals surface area contributed by atoms with Crippen LogP contribution in [0.5, 0.6) is 23.0 Å². The number of ether oxygens (including phenoxy) is 4. The number of nitrogens with zero attached hydrogens (tertiary/aromatic N) is 1. The van der Waals surface area contributed by atoms with Crippen LogP contribution in [0.25, 0.3) is 44.6 Å². The minimum absolute atomic E-state index is 0.197. The molecule has 3 heterocycles. The van der Waals surface area contributed by atoms with Gasteiger partial charge in [-0.1, -0.05) is 6.07 Å². The summed E-state index contributed by atoms with van der Waals surface area (Å²) in [6.07, 6.45) is 0. The molecule has 0 spiro atoms. The van der Waals surface area contributed by atoms with Gasteiger partial charge >= 0.3 is 5.63 Å². The molecule has 0 saturated heterocycles. The number of aromatic nitrogens is 1. The Bertz CT molecular complexity index is 1710. The summed E-state index contributed by atoms with van der Waals surface area (Å²) in [6.45, 7) is 2.08. The number of pyridine rings is 1. The van der Waals surface area contributed by atoms with E-state index in [1.165, 1.54) is 6.07 Å².